The number of alkyl halides is 2. The minimum atomic E-state index is -2.76. The van der Waals surface area contributed by atoms with E-state index in [9.17, 15) is 8.78 Å². The second-order valence-corrected chi connectivity index (χ2v) is 6.01. The van der Waals surface area contributed by atoms with Crippen molar-refractivity contribution in [3.63, 3.8) is 0 Å². The Morgan fingerprint density at radius 2 is 1.95 bits per heavy atom. The third-order valence-corrected chi connectivity index (χ3v) is 4.43. The maximum absolute atomic E-state index is 12.2. The van der Waals surface area contributed by atoms with Crippen LogP contribution < -0.4 is 10.1 Å². The first-order chi connectivity index (χ1) is 9.70. The van der Waals surface area contributed by atoms with Gasteiger partial charge in [-0.15, -0.1) is 0 Å². The molecule has 2 atom stereocenters. The topological polar surface area (TPSA) is 21.3 Å². The van der Waals surface area contributed by atoms with Crippen LogP contribution in [0.2, 0.25) is 0 Å². The molecule has 2 fully saturated rings. The standard InChI is InChI=1S/C16H21F2NO/c17-16(18)20-15-6-2-5-14(10-15)19-13-4-1-3-12(9-13)11-7-8-11/h2,5-6,10-13,16,19H,1,3-4,7-9H2. The lowest BCUT2D eigenvalue weighted by molar-refractivity contribution is -0.0498. The van der Waals surface area contributed by atoms with E-state index in [0.29, 0.717) is 6.04 Å². The fraction of sp³-hybridized carbons (Fsp3) is 0.625. The zero-order valence-corrected chi connectivity index (χ0v) is 11.5. The first-order valence-electron chi connectivity index (χ1n) is 7.52. The summed E-state index contributed by atoms with van der Waals surface area (Å²) in [6.07, 6.45) is 7.81. The van der Waals surface area contributed by atoms with Gasteiger partial charge < -0.3 is 10.1 Å². The van der Waals surface area contributed by atoms with E-state index in [1.54, 1.807) is 18.2 Å². The molecule has 2 aliphatic carbocycles. The van der Waals surface area contributed by atoms with Gasteiger partial charge in [0.1, 0.15) is 5.75 Å². The molecule has 0 aliphatic heterocycles. The summed E-state index contributed by atoms with van der Waals surface area (Å²) in [4.78, 5) is 0. The molecule has 110 valence electrons. The molecule has 20 heavy (non-hydrogen) atoms. The fourth-order valence-electron chi connectivity index (χ4n) is 3.35. The maximum atomic E-state index is 12.2. The molecule has 2 aliphatic rings. The average molecular weight is 281 g/mol. The van der Waals surface area contributed by atoms with E-state index < -0.39 is 6.61 Å². The summed E-state index contributed by atoms with van der Waals surface area (Å²) in [5.74, 6) is 2.04. The van der Waals surface area contributed by atoms with Crippen LogP contribution in [0.1, 0.15) is 38.5 Å². The molecule has 0 spiro atoms. The Bertz CT molecular complexity index is 448. The van der Waals surface area contributed by atoms with Crippen molar-refractivity contribution in [3.8, 4) is 5.75 Å². The van der Waals surface area contributed by atoms with Crippen molar-refractivity contribution in [2.24, 2.45) is 11.8 Å². The molecule has 1 N–H and O–H groups in total. The van der Waals surface area contributed by atoms with Crippen molar-refractivity contribution in [1.29, 1.82) is 0 Å². The van der Waals surface area contributed by atoms with E-state index in [-0.39, 0.29) is 5.75 Å². The van der Waals surface area contributed by atoms with Crippen LogP contribution in [0.5, 0.6) is 5.75 Å². The lowest BCUT2D eigenvalue weighted by atomic mass is 9.82. The molecule has 0 amide bonds. The van der Waals surface area contributed by atoms with E-state index in [0.717, 1.165) is 17.5 Å². The Morgan fingerprint density at radius 3 is 2.70 bits per heavy atom. The first kappa shape index (κ1) is 13.7. The van der Waals surface area contributed by atoms with Crippen molar-refractivity contribution < 1.29 is 13.5 Å². The van der Waals surface area contributed by atoms with Crippen LogP contribution in [0.25, 0.3) is 0 Å². The molecule has 0 radical (unpaired) electrons. The molecular formula is C16H21F2NO. The molecule has 1 aromatic carbocycles. The number of benzene rings is 1. The minimum absolute atomic E-state index is 0.222. The number of rotatable bonds is 5. The third-order valence-electron chi connectivity index (χ3n) is 4.43. The zero-order chi connectivity index (χ0) is 13.9. The van der Waals surface area contributed by atoms with Crippen molar-refractivity contribution in [1.82, 2.24) is 0 Å². The SMILES string of the molecule is FC(F)Oc1cccc(NC2CCCC(C3CC3)C2)c1. The Hall–Kier alpha value is -1.32. The summed E-state index contributed by atoms with van der Waals surface area (Å²) >= 11 is 0. The van der Waals surface area contributed by atoms with Crippen LogP contribution in [0, 0.1) is 11.8 Å². The number of hydrogen-bond acceptors (Lipinski definition) is 2. The molecule has 0 heterocycles. The summed E-state index contributed by atoms with van der Waals surface area (Å²) in [5, 5.41) is 3.48. The zero-order valence-electron chi connectivity index (χ0n) is 11.5. The Kier molecular flexibility index (Phi) is 4.08. The van der Waals surface area contributed by atoms with Crippen molar-refractivity contribution >= 4 is 5.69 Å². The van der Waals surface area contributed by atoms with Gasteiger partial charge in [0.05, 0.1) is 0 Å². The van der Waals surface area contributed by atoms with Gasteiger partial charge in [0.25, 0.3) is 0 Å². The van der Waals surface area contributed by atoms with E-state index >= 15 is 0 Å². The van der Waals surface area contributed by atoms with Gasteiger partial charge in [-0.2, -0.15) is 8.78 Å². The van der Waals surface area contributed by atoms with E-state index in [4.69, 9.17) is 0 Å². The molecule has 0 aromatic heterocycles. The molecule has 0 bridgehead atoms. The summed E-state index contributed by atoms with van der Waals surface area (Å²) in [5.41, 5.74) is 0.879. The van der Waals surface area contributed by atoms with Crippen LogP contribution in [-0.2, 0) is 0 Å². The second-order valence-electron chi connectivity index (χ2n) is 6.01. The van der Waals surface area contributed by atoms with E-state index in [2.05, 4.69) is 10.1 Å². The van der Waals surface area contributed by atoms with Crippen LogP contribution in [0.4, 0.5) is 14.5 Å². The summed E-state index contributed by atoms with van der Waals surface area (Å²) in [7, 11) is 0. The molecule has 1 aromatic rings. The average Bonchev–Trinajstić information content (AvgIpc) is 3.23. The number of halogens is 2. The highest BCUT2D eigenvalue weighted by atomic mass is 19.3. The summed E-state index contributed by atoms with van der Waals surface area (Å²) < 4.78 is 28.9. The third kappa shape index (κ3) is 3.62. The Balaban J connectivity index is 1.58. The smallest absolute Gasteiger partial charge is 0.387 e. The van der Waals surface area contributed by atoms with E-state index in [1.165, 1.54) is 38.5 Å². The quantitative estimate of drug-likeness (QED) is 0.847. The number of nitrogens with one attached hydrogen (secondary N) is 1. The highest BCUT2D eigenvalue weighted by Crippen LogP contribution is 2.44. The predicted molar refractivity (Wildman–Crippen MR) is 75.2 cm³/mol. The maximum Gasteiger partial charge on any atom is 0.387 e. The molecule has 0 saturated heterocycles. The van der Waals surface area contributed by atoms with Crippen LogP contribution in [0.15, 0.2) is 24.3 Å². The lowest BCUT2D eigenvalue weighted by Gasteiger charge is -2.30. The summed E-state index contributed by atoms with van der Waals surface area (Å²) in [6.45, 7) is -2.76. The second kappa shape index (κ2) is 5.98. The van der Waals surface area contributed by atoms with Crippen molar-refractivity contribution in [2.45, 2.75) is 51.2 Å². The van der Waals surface area contributed by atoms with E-state index in [1.807, 2.05) is 6.07 Å². The van der Waals surface area contributed by atoms with Gasteiger partial charge in [0.2, 0.25) is 0 Å². The van der Waals surface area contributed by atoms with Gasteiger partial charge >= 0.3 is 6.61 Å². The van der Waals surface area contributed by atoms with Gasteiger partial charge in [-0.1, -0.05) is 18.9 Å². The Labute approximate surface area is 118 Å². The monoisotopic (exact) mass is 281 g/mol. The predicted octanol–water partition coefficient (Wildman–Crippen LogP) is 4.67. The van der Waals surface area contributed by atoms with Gasteiger partial charge in [0, 0.05) is 17.8 Å². The first-order valence-corrected chi connectivity index (χ1v) is 7.52. The molecule has 2 nitrogen and oxygen atoms in total. The normalized spacial score (nSPS) is 26.6. The lowest BCUT2D eigenvalue weighted by Crippen LogP contribution is -2.28. The largest absolute Gasteiger partial charge is 0.435 e. The Morgan fingerprint density at radius 1 is 1.10 bits per heavy atom. The number of ether oxygens (including phenoxy) is 1. The number of hydrogen-bond donors (Lipinski definition) is 1. The van der Waals surface area contributed by atoms with Gasteiger partial charge in [-0.3, -0.25) is 0 Å². The number of anilines is 1. The van der Waals surface area contributed by atoms with Crippen LogP contribution in [-0.4, -0.2) is 12.7 Å². The molecule has 2 saturated carbocycles. The highest BCUT2D eigenvalue weighted by molar-refractivity contribution is 5.48. The van der Waals surface area contributed by atoms with Crippen LogP contribution >= 0.6 is 0 Å². The van der Waals surface area contributed by atoms with Gasteiger partial charge in [0.15, 0.2) is 0 Å². The van der Waals surface area contributed by atoms with Crippen LogP contribution in [0.3, 0.4) is 0 Å². The fourth-order valence-corrected chi connectivity index (χ4v) is 3.35. The molecule has 3 rings (SSSR count). The van der Waals surface area contributed by atoms with Crippen molar-refractivity contribution in [2.75, 3.05) is 5.32 Å². The van der Waals surface area contributed by atoms with Gasteiger partial charge in [-0.05, 0) is 49.7 Å². The van der Waals surface area contributed by atoms with Gasteiger partial charge in [-0.25, -0.2) is 0 Å². The highest BCUT2D eigenvalue weighted by Gasteiger charge is 2.34. The van der Waals surface area contributed by atoms with Crippen molar-refractivity contribution in [3.05, 3.63) is 24.3 Å². The minimum Gasteiger partial charge on any atom is -0.435 e. The summed E-state index contributed by atoms with van der Waals surface area (Å²) in [6, 6.07) is 7.36. The molecule has 2 unspecified atom stereocenters. The molecular weight excluding hydrogens is 260 g/mol. The molecule has 4 heteroatoms.